The molecule has 3 heteroatoms. The van der Waals surface area contributed by atoms with Crippen LogP contribution in [0.15, 0.2) is 83.0 Å². The lowest BCUT2D eigenvalue weighted by atomic mass is 9.72. The lowest BCUT2D eigenvalue weighted by Gasteiger charge is -2.32. The first-order valence-electron chi connectivity index (χ1n) is 10.5. The van der Waals surface area contributed by atoms with Crippen LogP contribution in [0, 0.1) is 5.41 Å². The molecule has 0 unspecified atom stereocenters. The molecule has 0 amide bonds. The molecule has 0 spiro atoms. The van der Waals surface area contributed by atoms with E-state index in [2.05, 4.69) is 45.9 Å². The summed E-state index contributed by atoms with van der Waals surface area (Å²) in [6.07, 6.45) is 15.6. The molecule has 0 fully saturated rings. The predicted octanol–water partition coefficient (Wildman–Crippen LogP) is 7.91. The molecule has 1 aromatic carbocycles. The van der Waals surface area contributed by atoms with Gasteiger partial charge in [-0.15, -0.1) is 0 Å². The number of hydrogen-bond acceptors (Lipinski definition) is 2. The minimum absolute atomic E-state index is 0.235. The molecule has 1 aromatic rings. The number of carbonyl (C=O) groups is 1. The van der Waals surface area contributed by atoms with Crippen molar-refractivity contribution in [2.45, 2.75) is 60.5 Å². The zero-order valence-corrected chi connectivity index (χ0v) is 19.6. The van der Waals surface area contributed by atoms with Crippen LogP contribution in [0.2, 0.25) is 5.02 Å². The van der Waals surface area contributed by atoms with E-state index >= 15 is 0 Å². The molecule has 1 aliphatic carbocycles. The summed E-state index contributed by atoms with van der Waals surface area (Å²) in [5, 5.41) is 0.665. The van der Waals surface area contributed by atoms with Crippen molar-refractivity contribution in [2.75, 3.05) is 0 Å². The maximum atomic E-state index is 12.0. The van der Waals surface area contributed by atoms with E-state index in [1.54, 1.807) is 12.1 Å². The van der Waals surface area contributed by atoms with Gasteiger partial charge in [0, 0.05) is 11.1 Å². The van der Waals surface area contributed by atoms with E-state index in [1.807, 2.05) is 31.2 Å². The van der Waals surface area contributed by atoms with Crippen LogP contribution in [0.5, 0.6) is 0 Å². The Hall–Kier alpha value is -2.32. The van der Waals surface area contributed by atoms with Crippen molar-refractivity contribution in [3.05, 3.63) is 93.6 Å². The summed E-state index contributed by atoms with van der Waals surface area (Å²) in [6.45, 7) is 11.1. The minimum atomic E-state index is -0.352. The Kier molecular flexibility index (Phi) is 8.92. The Morgan fingerprint density at radius 2 is 1.83 bits per heavy atom. The first-order chi connectivity index (χ1) is 14.2. The van der Waals surface area contributed by atoms with Crippen molar-refractivity contribution in [2.24, 2.45) is 5.41 Å². The monoisotopic (exact) mass is 424 g/mol. The maximum absolute atomic E-state index is 12.0. The second-order valence-electron chi connectivity index (χ2n) is 8.66. The van der Waals surface area contributed by atoms with E-state index in [4.69, 9.17) is 16.3 Å². The molecule has 0 N–H and O–H groups in total. The number of esters is 1. The number of halogens is 1. The summed E-state index contributed by atoms with van der Waals surface area (Å²) < 4.78 is 5.28. The molecular weight excluding hydrogens is 392 g/mol. The van der Waals surface area contributed by atoms with Crippen molar-refractivity contribution in [1.29, 1.82) is 0 Å². The largest absolute Gasteiger partial charge is 0.458 e. The third-order valence-electron chi connectivity index (χ3n) is 5.41. The van der Waals surface area contributed by atoms with E-state index in [9.17, 15) is 4.79 Å². The lowest BCUT2D eigenvalue weighted by Crippen LogP contribution is -2.19. The summed E-state index contributed by atoms with van der Waals surface area (Å²) in [5.74, 6) is -0.352. The Morgan fingerprint density at radius 3 is 2.50 bits per heavy atom. The highest BCUT2D eigenvalue weighted by Gasteiger charge is 2.26. The average Bonchev–Trinajstić information content (AvgIpc) is 2.66. The molecule has 0 bridgehead atoms. The Balaban J connectivity index is 1.89. The number of benzene rings is 1. The summed E-state index contributed by atoms with van der Waals surface area (Å²) in [6, 6.07) is 7.26. The standard InChI is InChI=1S/C27H33ClO2/c1-20(11-16-25-22(3)10-7-17-27(25,4)5)8-6-9-21(2)18-26(29)30-19-23-12-14-24(28)15-13-23/h6,8-9,11-16,18H,7,10,17,19H2,1-5H3/b9-6+,16-11+,20-8+,21-18+. The molecule has 30 heavy (non-hydrogen) atoms. The fourth-order valence-corrected chi connectivity index (χ4v) is 3.77. The Labute approximate surface area is 186 Å². The maximum Gasteiger partial charge on any atom is 0.331 e. The van der Waals surface area contributed by atoms with Gasteiger partial charge in [-0.25, -0.2) is 4.79 Å². The van der Waals surface area contributed by atoms with E-state index < -0.39 is 0 Å². The quantitative estimate of drug-likeness (QED) is 0.252. The van der Waals surface area contributed by atoms with Gasteiger partial charge in [0.15, 0.2) is 0 Å². The second kappa shape index (κ2) is 11.2. The number of rotatable bonds is 7. The third kappa shape index (κ3) is 7.84. The van der Waals surface area contributed by atoms with Crippen LogP contribution >= 0.6 is 11.6 Å². The molecular formula is C27H33ClO2. The third-order valence-corrected chi connectivity index (χ3v) is 5.67. The van der Waals surface area contributed by atoms with E-state index in [0.29, 0.717) is 5.02 Å². The van der Waals surface area contributed by atoms with Gasteiger partial charge in [-0.05, 0) is 74.3 Å². The number of hydrogen-bond donors (Lipinski definition) is 0. The van der Waals surface area contributed by atoms with Crippen molar-refractivity contribution < 1.29 is 9.53 Å². The Bertz CT molecular complexity index is 893. The first-order valence-corrected chi connectivity index (χ1v) is 10.9. The fraction of sp³-hybridized carbons (Fsp3) is 0.370. The van der Waals surface area contributed by atoms with Crippen LogP contribution in [0.4, 0.5) is 0 Å². The van der Waals surface area contributed by atoms with Crippen LogP contribution < -0.4 is 0 Å². The van der Waals surface area contributed by atoms with Gasteiger partial charge < -0.3 is 4.74 Å². The van der Waals surface area contributed by atoms with Crippen molar-refractivity contribution >= 4 is 17.6 Å². The zero-order valence-electron chi connectivity index (χ0n) is 18.8. The summed E-state index contributed by atoms with van der Waals surface area (Å²) in [4.78, 5) is 12.0. The van der Waals surface area contributed by atoms with Crippen LogP contribution in [-0.2, 0) is 16.1 Å². The predicted molar refractivity (Wildman–Crippen MR) is 127 cm³/mol. The van der Waals surface area contributed by atoms with Crippen LogP contribution in [-0.4, -0.2) is 5.97 Å². The molecule has 0 heterocycles. The zero-order chi connectivity index (χ0) is 22.1. The summed E-state index contributed by atoms with van der Waals surface area (Å²) in [7, 11) is 0. The average molecular weight is 425 g/mol. The van der Waals surface area contributed by atoms with Crippen molar-refractivity contribution in [3.8, 4) is 0 Å². The van der Waals surface area contributed by atoms with E-state index in [1.165, 1.54) is 42.1 Å². The lowest BCUT2D eigenvalue weighted by molar-refractivity contribution is -0.139. The minimum Gasteiger partial charge on any atom is -0.458 e. The fourth-order valence-electron chi connectivity index (χ4n) is 3.64. The molecule has 160 valence electrons. The highest BCUT2D eigenvalue weighted by Crippen LogP contribution is 2.40. The normalized spacial score (nSPS) is 17.8. The van der Waals surface area contributed by atoms with Crippen molar-refractivity contribution in [3.63, 3.8) is 0 Å². The van der Waals surface area contributed by atoms with Gasteiger partial charge in [-0.3, -0.25) is 0 Å². The summed E-state index contributed by atoms with van der Waals surface area (Å²) >= 11 is 5.86. The molecule has 1 aliphatic rings. The van der Waals surface area contributed by atoms with Crippen LogP contribution in [0.3, 0.4) is 0 Å². The van der Waals surface area contributed by atoms with Gasteiger partial charge in [0.2, 0.25) is 0 Å². The SMILES string of the molecule is CC1=C(/C=C/C(C)=C/C=C/C(C)=C/C(=O)OCc2ccc(Cl)cc2)C(C)(C)CCC1. The highest BCUT2D eigenvalue weighted by molar-refractivity contribution is 6.30. The van der Waals surface area contributed by atoms with Gasteiger partial charge in [0.1, 0.15) is 6.61 Å². The molecule has 2 rings (SSSR count). The summed E-state index contributed by atoms with van der Waals surface area (Å²) in [5.41, 5.74) is 6.14. The molecule has 0 aliphatic heterocycles. The molecule has 0 radical (unpaired) electrons. The first kappa shape index (κ1) is 24.0. The van der Waals surface area contributed by atoms with Crippen LogP contribution in [0.1, 0.15) is 59.4 Å². The molecule has 0 saturated carbocycles. The van der Waals surface area contributed by atoms with Gasteiger partial charge in [0.25, 0.3) is 0 Å². The Morgan fingerprint density at radius 1 is 1.13 bits per heavy atom. The molecule has 0 atom stereocenters. The highest BCUT2D eigenvalue weighted by atomic mass is 35.5. The van der Waals surface area contributed by atoms with Gasteiger partial charge in [0.05, 0.1) is 0 Å². The van der Waals surface area contributed by atoms with Crippen LogP contribution in [0.25, 0.3) is 0 Å². The number of allylic oxidation sites excluding steroid dienone is 9. The second-order valence-corrected chi connectivity index (χ2v) is 9.09. The van der Waals surface area contributed by atoms with Gasteiger partial charge >= 0.3 is 5.97 Å². The molecule has 2 nitrogen and oxygen atoms in total. The topological polar surface area (TPSA) is 26.3 Å². The van der Waals surface area contributed by atoms with E-state index in [-0.39, 0.29) is 18.0 Å². The van der Waals surface area contributed by atoms with Gasteiger partial charge in [-0.2, -0.15) is 0 Å². The molecule has 0 saturated heterocycles. The van der Waals surface area contributed by atoms with Gasteiger partial charge in [-0.1, -0.05) is 79.1 Å². The number of carbonyl (C=O) groups excluding carboxylic acids is 1. The van der Waals surface area contributed by atoms with Crippen molar-refractivity contribution in [1.82, 2.24) is 0 Å². The van der Waals surface area contributed by atoms with E-state index in [0.717, 1.165) is 11.1 Å². The molecule has 0 aromatic heterocycles. The smallest absolute Gasteiger partial charge is 0.331 e. The number of ether oxygens (including phenoxy) is 1.